The Morgan fingerprint density at radius 1 is 0.587 bits per heavy atom. The number of esters is 2. The van der Waals surface area contributed by atoms with Gasteiger partial charge in [-0.3, -0.25) is 9.59 Å². The first-order valence-electron chi connectivity index (χ1n) is 18.1. The van der Waals surface area contributed by atoms with Crippen molar-refractivity contribution in [2.45, 2.75) is 186 Å². The molecule has 1 amide bonds. The lowest BCUT2D eigenvalue weighted by Crippen LogP contribution is -2.54. The Kier molecular flexibility index (Phi) is 29.3. The quantitative estimate of drug-likeness (QED) is 0.0440. The van der Waals surface area contributed by atoms with Gasteiger partial charge < -0.3 is 40.3 Å². The summed E-state index contributed by atoms with van der Waals surface area (Å²) in [6, 6.07) is -1.30. The summed E-state index contributed by atoms with van der Waals surface area (Å²) in [5.74, 6) is -2.51. The van der Waals surface area contributed by atoms with Crippen LogP contribution in [0.4, 0.5) is 0 Å². The highest BCUT2D eigenvalue weighted by Gasteiger charge is 2.36. The van der Waals surface area contributed by atoms with Gasteiger partial charge >= 0.3 is 11.9 Å². The van der Waals surface area contributed by atoms with Gasteiger partial charge in [0.15, 0.2) is 6.10 Å². The topological polar surface area (TPSA) is 183 Å². The lowest BCUT2D eigenvalue weighted by Gasteiger charge is -2.26. The van der Waals surface area contributed by atoms with E-state index in [-0.39, 0.29) is 26.1 Å². The average Bonchev–Trinajstić information content (AvgIpc) is 3.06. The Labute approximate surface area is 277 Å². The third kappa shape index (κ3) is 23.5. The molecule has 0 aliphatic carbocycles. The van der Waals surface area contributed by atoms with Crippen molar-refractivity contribution >= 4 is 17.8 Å². The van der Waals surface area contributed by atoms with Crippen molar-refractivity contribution < 1.29 is 49.4 Å². The first kappa shape index (κ1) is 44.2. The highest BCUT2D eigenvalue weighted by molar-refractivity contribution is 5.87. The van der Waals surface area contributed by atoms with Crippen LogP contribution in [0, 0.1) is 0 Å². The number of unbranched alkanes of at least 4 members (excludes halogenated alkanes) is 18. The number of hydrogen-bond acceptors (Lipinski definition) is 10. The Hall–Kier alpha value is -1.79. The number of ether oxygens (including phenoxy) is 2. The zero-order valence-electron chi connectivity index (χ0n) is 28.8. The summed E-state index contributed by atoms with van der Waals surface area (Å²) >= 11 is 0. The third-order valence-corrected chi connectivity index (χ3v) is 8.26. The highest BCUT2D eigenvalue weighted by atomic mass is 16.5. The first-order chi connectivity index (χ1) is 22.2. The third-order valence-electron chi connectivity index (χ3n) is 8.26. The van der Waals surface area contributed by atoms with E-state index in [1.165, 1.54) is 83.5 Å². The Balaban J connectivity index is 4.65. The van der Waals surface area contributed by atoms with Crippen LogP contribution in [0.1, 0.15) is 155 Å². The van der Waals surface area contributed by atoms with Crippen LogP contribution >= 0.6 is 0 Å². The summed E-state index contributed by atoms with van der Waals surface area (Å²) < 4.78 is 10.7. The number of rotatable bonds is 32. The normalized spacial score (nSPS) is 14.7. The van der Waals surface area contributed by atoms with Gasteiger partial charge in [0, 0.05) is 6.42 Å². The molecule has 0 unspecified atom stereocenters. The Morgan fingerprint density at radius 3 is 1.43 bits per heavy atom. The van der Waals surface area contributed by atoms with E-state index < -0.39 is 54.9 Å². The van der Waals surface area contributed by atoms with Gasteiger partial charge in [-0.2, -0.15) is 0 Å². The second kappa shape index (κ2) is 30.5. The summed E-state index contributed by atoms with van der Waals surface area (Å²) in [6.07, 6.45) is 14.3. The van der Waals surface area contributed by atoms with Crippen LogP contribution in [0.15, 0.2) is 0 Å². The molecule has 11 nitrogen and oxygen atoms in total. The number of nitrogens with one attached hydrogen (secondary N) is 1. The molecule has 46 heavy (non-hydrogen) atoms. The van der Waals surface area contributed by atoms with Crippen molar-refractivity contribution in [1.29, 1.82) is 0 Å². The van der Waals surface area contributed by atoms with E-state index in [0.29, 0.717) is 6.42 Å². The molecule has 272 valence electrons. The smallest absolute Gasteiger partial charge is 0.328 e. The van der Waals surface area contributed by atoms with E-state index in [4.69, 9.17) is 14.6 Å². The molecule has 0 radical (unpaired) electrons. The van der Waals surface area contributed by atoms with Crippen LogP contribution in [0.5, 0.6) is 0 Å². The molecule has 0 rings (SSSR count). The highest BCUT2D eigenvalue weighted by Crippen LogP contribution is 2.13. The lowest BCUT2D eigenvalue weighted by atomic mass is 10.0. The first-order valence-corrected chi connectivity index (χ1v) is 18.1. The fraction of sp³-hybridized carbons (Fsp3) is 0.914. The molecular weight excluding hydrogens is 594 g/mol. The summed E-state index contributed by atoms with van der Waals surface area (Å²) in [6.45, 7) is 3.91. The van der Waals surface area contributed by atoms with Gasteiger partial charge in [-0.15, -0.1) is 0 Å². The van der Waals surface area contributed by atoms with Gasteiger partial charge in [-0.05, 0) is 19.3 Å². The SMILES string of the molecule is CCCCCCCCCCCCOC(=O)CC[C@@H](NC(=O)[C@H](O)[C@@H](O)[C@H](O)[C@H](O)CO)C(=O)OCCCCCCCCCCCC. The molecule has 0 aromatic rings. The Bertz CT molecular complexity index is 753. The lowest BCUT2D eigenvalue weighted by molar-refractivity contribution is -0.155. The van der Waals surface area contributed by atoms with Crippen LogP contribution in [0.3, 0.4) is 0 Å². The van der Waals surface area contributed by atoms with Crippen molar-refractivity contribution in [3.63, 3.8) is 0 Å². The van der Waals surface area contributed by atoms with Gasteiger partial charge in [0.25, 0.3) is 5.91 Å². The number of carbonyl (C=O) groups excluding carboxylic acids is 3. The van der Waals surface area contributed by atoms with Gasteiger partial charge in [0.05, 0.1) is 19.8 Å². The van der Waals surface area contributed by atoms with Crippen LogP contribution in [-0.4, -0.2) is 93.7 Å². The van der Waals surface area contributed by atoms with Crippen molar-refractivity contribution in [3.8, 4) is 0 Å². The molecule has 0 heterocycles. The number of aliphatic hydroxyl groups excluding tert-OH is 5. The predicted octanol–water partition coefficient (Wildman–Crippen LogP) is 4.62. The fourth-order valence-electron chi connectivity index (χ4n) is 5.16. The maximum Gasteiger partial charge on any atom is 0.328 e. The molecule has 6 N–H and O–H groups in total. The van der Waals surface area contributed by atoms with Crippen molar-refractivity contribution in [1.82, 2.24) is 5.32 Å². The number of aliphatic hydroxyl groups is 5. The van der Waals surface area contributed by atoms with E-state index in [1.807, 2.05) is 0 Å². The molecule has 0 aliphatic heterocycles. The minimum atomic E-state index is -2.21. The molecule has 0 fully saturated rings. The zero-order chi connectivity index (χ0) is 34.4. The fourth-order valence-corrected chi connectivity index (χ4v) is 5.16. The summed E-state index contributed by atoms with van der Waals surface area (Å²) in [4.78, 5) is 37.8. The van der Waals surface area contributed by atoms with Crippen LogP contribution < -0.4 is 5.32 Å². The van der Waals surface area contributed by atoms with Gasteiger partial charge in [-0.1, -0.05) is 129 Å². The maximum absolute atomic E-state index is 12.8. The molecule has 0 aromatic heterocycles. The van der Waals surface area contributed by atoms with E-state index in [2.05, 4.69) is 19.2 Å². The van der Waals surface area contributed by atoms with Crippen LogP contribution in [0.2, 0.25) is 0 Å². The largest absolute Gasteiger partial charge is 0.466 e. The van der Waals surface area contributed by atoms with Crippen molar-refractivity contribution in [2.24, 2.45) is 0 Å². The summed E-state index contributed by atoms with van der Waals surface area (Å²) in [7, 11) is 0. The average molecular weight is 662 g/mol. The Morgan fingerprint density at radius 2 is 1.00 bits per heavy atom. The van der Waals surface area contributed by atoms with Crippen LogP contribution in [-0.2, 0) is 23.9 Å². The number of amides is 1. The van der Waals surface area contributed by atoms with Crippen molar-refractivity contribution in [3.05, 3.63) is 0 Å². The standard InChI is InChI=1S/C35H67NO10/c1-3-5-7-9-11-13-15-17-19-21-25-45-30(39)24-23-28(36-34(43)33(42)32(41)31(40)29(38)27-37)35(44)46-26-22-20-18-16-14-12-10-8-6-4-2/h28-29,31-33,37-38,40-42H,3-27H2,1-2H3,(H,36,43)/t28-,29-,31-,32+,33-/m1/s1. The van der Waals surface area contributed by atoms with E-state index >= 15 is 0 Å². The molecule has 0 bridgehead atoms. The molecule has 0 aliphatic rings. The summed E-state index contributed by atoms with van der Waals surface area (Å²) in [5, 5.41) is 50.9. The van der Waals surface area contributed by atoms with Crippen LogP contribution in [0.25, 0.3) is 0 Å². The summed E-state index contributed by atoms with van der Waals surface area (Å²) in [5.41, 5.74) is 0. The predicted molar refractivity (Wildman–Crippen MR) is 178 cm³/mol. The monoisotopic (exact) mass is 661 g/mol. The minimum absolute atomic E-state index is 0.136. The van der Waals surface area contributed by atoms with Gasteiger partial charge in [0.2, 0.25) is 0 Å². The maximum atomic E-state index is 12.8. The second-order valence-corrected chi connectivity index (χ2v) is 12.5. The zero-order valence-corrected chi connectivity index (χ0v) is 28.8. The molecule has 0 aromatic carbocycles. The van der Waals surface area contributed by atoms with E-state index in [9.17, 15) is 34.8 Å². The molecular formula is C35H67NO10. The number of hydrogen-bond donors (Lipinski definition) is 6. The molecule has 0 spiro atoms. The van der Waals surface area contributed by atoms with Gasteiger partial charge in [0.1, 0.15) is 24.4 Å². The molecule has 11 heteroatoms. The van der Waals surface area contributed by atoms with Crippen molar-refractivity contribution in [2.75, 3.05) is 19.8 Å². The van der Waals surface area contributed by atoms with E-state index in [0.717, 1.165) is 38.5 Å². The molecule has 0 saturated heterocycles. The van der Waals surface area contributed by atoms with E-state index in [1.54, 1.807) is 0 Å². The minimum Gasteiger partial charge on any atom is -0.466 e. The second-order valence-electron chi connectivity index (χ2n) is 12.5. The molecule has 5 atom stereocenters. The van der Waals surface area contributed by atoms with Gasteiger partial charge in [-0.25, -0.2) is 4.79 Å². The number of carbonyl (C=O) groups is 3. The molecule has 0 saturated carbocycles.